The molecule has 0 aromatic carbocycles. The molecule has 0 saturated carbocycles. The zero-order chi connectivity index (χ0) is 17.8. The van der Waals surface area contributed by atoms with Gasteiger partial charge in [0.15, 0.2) is 11.8 Å². The number of fused-ring (bicyclic) bond motifs is 1. The van der Waals surface area contributed by atoms with Crippen LogP contribution >= 0.6 is 11.3 Å². The molecule has 0 amide bonds. The SMILES string of the molecule is Nc1nc(-c2cccs2)c2ncn([C@@]3(O)O[C@H](CO)[C@@H](O)[C@H]3O)c2n1. The number of imidazole rings is 1. The van der Waals surface area contributed by atoms with Gasteiger partial charge in [0.05, 0.1) is 11.5 Å². The van der Waals surface area contributed by atoms with E-state index in [1.807, 2.05) is 17.5 Å². The van der Waals surface area contributed by atoms with Crippen molar-refractivity contribution in [2.24, 2.45) is 0 Å². The Balaban J connectivity index is 1.90. The first kappa shape index (κ1) is 16.3. The van der Waals surface area contributed by atoms with E-state index >= 15 is 0 Å². The number of hydrogen-bond donors (Lipinski definition) is 5. The Morgan fingerprint density at radius 1 is 1.36 bits per heavy atom. The van der Waals surface area contributed by atoms with Crippen LogP contribution < -0.4 is 5.73 Å². The molecule has 4 atom stereocenters. The minimum absolute atomic E-state index is 0.0482. The number of aliphatic hydroxyl groups is 4. The minimum atomic E-state index is -2.35. The molecule has 6 N–H and O–H groups in total. The Kier molecular flexibility index (Phi) is 3.72. The van der Waals surface area contributed by atoms with Gasteiger partial charge in [-0.1, -0.05) is 6.07 Å². The number of nitrogens with zero attached hydrogens (tertiary/aromatic N) is 4. The van der Waals surface area contributed by atoms with Gasteiger partial charge in [-0.05, 0) is 11.4 Å². The van der Waals surface area contributed by atoms with Crippen molar-refractivity contribution in [1.82, 2.24) is 19.5 Å². The van der Waals surface area contributed by atoms with E-state index < -0.39 is 30.8 Å². The van der Waals surface area contributed by atoms with Crippen molar-refractivity contribution in [2.75, 3.05) is 12.3 Å². The summed E-state index contributed by atoms with van der Waals surface area (Å²) in [5.74, 6) is -2.40. The van der Waals surface area contributed by atoms with Gasteiger partial charge in [0, 0.05) is 0 Å². The highest BCUT2D eigenvalue weighted by Gasteiger charge is 2.55. The van der Waals surface area contributed by atoms with E-state index in [2.05, 4.69) is 15.0 Å². The molecule has 4 rings (SSSR count). The summed E-state index contributed by atoms with van der Waals surface area (Å²) in [6.45, 7) is -0.579. The average Bonchev–Trinajstić information content (AvgIpc) is 3.30. The van der Waals surface area contributed by atoms with Crippen LogP contribution in [-0.2, 0) is 10.6 Å². The second-order valence-electron chi connectivity index (χ2n) is 5.63. The third-order valence-electron chi connectivity index (χ3n) is 4.11. The fourth-order valence-corrected chi connectivity index (χ4v) is 3.58. The van der Waals surface area contributed by atoms with Crippen LogP contribution in [0.3, 0.4) is 0 Å². The maximum Gasteiger partial charge on any atom is 0.286 e. The van der Waals surface area contributed by atoms with Gasteiger partial charge >= 0.3 is 0 Å². The van der Waals surface area contributed by atoms with E-state index in [4.69, 9.17) is 10.5 Å². The maximum atomic E-state index is 10.8. The van der Waals surface area contributed by atoms with E-state index in [0.29, 0.717) is 11.2 Å². The predicted octanol–water partition coefficient (Wildman–Crippen LogP) is -1.15. The standard InChI is InChI=1S/C14H15N5O5S/c15-13-17-8(7-2-1-3-25-7)9-12(18-13)19(5-16-9)14(23)11(22)10(21)6(4-20)24-14/h1-3,5-6,10-11,20-23H,4H2,(H2,15,17,18)/t6-,10-,11-,14+/m1/s1. The summed E-state index contributed by atoms with van der Waals surface area (Å²) < 4.78 is 6.35. The second kappa shape index (κ2) is 5.69. The van der Waals surface area contributed by atoms with Crippen LogP contribution in [0.1, 0.15) is 0 Å². The highest BCUT2D eigenvalue weighted by atomic mass is 32.1. The van der Waals surface area contributed by atoms with Crippen LogP contribution in [0.2, 0.25) is 0 Å². The minimum Gasteiger partial charge on any atom is -0.394 e. The van der Waals surface area contributed by atoms with Crippen LogP contribution in [0.4, 0.5) is 5.95 Å². The van der Waals surface area contributed by atoms with Crippen molar-refractivity contribution in [3.63, 3.8) is 0 Å². The summed E-state index contributed by atoms with van der Waals surface area (Å²) in [5.41, 5.74) is 6.74. The topological polar surface area (TPSA) is 160 Å². The number of aliphatic hydroxyl groups excluding tert-OH is 3. The Labute approximate surface area is 144 Å². The van der Waals surface area contributed by atoms with Gasteiger partial charge in [0.2, 0.25) is 5.95 Å². The number of anilines is 1. The number of ether oxygens (including phenoxy) is 1. The summed E-state index contributed by atoms with van der Waals surface area (Å²) in [6, 6.07) is 3.69. The lowest BCUT2D eigenvalue weighted by Gasteiger charge is -2.27. The molecule has 1 saturated heterocycles. The van der Waals surface area contributed by atoms with Crippen LogP contribution in [0.15, 0.2) is 23.8 Å². The van der Waals surface area contributed by atoms with E-state index in [-0.39, 0.29) is 11.6 Å². The van der Waals surface area contributed by atoms with Gasteiger partial charge in [0.1, 0.15) is 29.7 Å². The molecule has 0 aliphatic carbocycles. The molecule has 25 heavy (non-hydrogen) atoms. The van der Waals surface area contributed by atoms with E-state index in [1.54, 1.807) is 0 Å². The normalized spacial score (nSPS) is 29.5. The smallest absolute Gasteiger partial charge is 0.286 e. The number of hydrogen-bond acceptors (Lipinski definition) is 10. The van der Waals surface area contributed by atoms with Gasteiger partial charge in [-0.15, -0.1) is 11.3 Å². The molecule has 3 aromatic heterocycles. The van der Waals surface area contributed by atoms with Crippen molar-refractivity contribution in [2.45, 2.75) is 24.2 Å². The quantitative estimate of drug-likeness (QED) is 0.386. The summed E-state index contributed by atoms with van der Waals surface area (Å²) in [4.78, 5) is 13.3. The number of nitrogens with two attached hydrogens (primary N) is 1. The molecule has 132 valence electrons. The van der Waals surface area contributed by atoms with E-state index in [0.717, 1.165) is 9.44 Å². The molecule has 1 aliphatic heterocycles. The maximum absolute atomic E-state index is 10.8. The van der Waals surface area contributed by atoms with Crippen LogP contribution in [0.5, 0.6) is 0 Å². The Morgan fingerprint density at radius 2 is 2.16 bits per heavy atom. The van der Waals surface area contributed by atoms with Gasteiger partial charge < -0.3 is 30.9 Å². The average molecular weight is 365 g/mol. The molecule has 0 spiro atoms. The largest absolute Gasteiger partial charge is 0.394 e. The molecular weight excluding hydrogens is 350 g/mol. The molecule has 0 unspecified atom stereocenters. The molecule has 4 heterocycles. The second-order valence-corrected chi connectivity index (χ2v) is 6.58. The van der Waals surface area contributed by atoms with Gasteiger partial charge in [0.25, 0.3) is 5.91 Å². The summed E-state index contributed by atoms with van der Waals surface area (Å²) in [7, 11) is 0. The fraction of sp³-hybridized carbons (Fsp3) is 0.357. The first-order valence-electron chi connectivity index (χ1n) is 7.38. The summed E-state index contributed by atoms with van der Waals surface area (Å²) >= 11 is 1.43. The van der Waals surface area contributed by atoms with Gasteiger partial charge in [-0.2, -0.15) is 4.98 Å². The molecule has 0 radical (unpaired) electrons. The van der Waals surface area contributed by atoms with Crippen LogP contribution in [-0.4, -0.2) is 64.9 Å². The Hall–Kier alpha value is -2.15. The fourth-order valence-electron chi connectivity index (χ4n) is 2.87. The van der Waals surface area contributed by atoms with Crippen molar-refractivity contribution in [3.8, 4) is 10.6 Å². The van der Waals surface area contributed by atoms with Crippen LogP contribution in [0.25, 0.3) is 21.7 Å². The van der Waals surface area contributed by atoms with Crippen molar-refractivity contribution in [3.05, 3.63) is 23.8 Å². The first-order valence-corrected chi connectivity index (χ1v) is 8.25. The van der Waals surface area contributed by atoms with Gasteiger partial charge in [-0.3, -0.25) is 4.57 Å². The third kappa shape index (κ3) is 2.33. The molecular formula is C14H15N5O5S. The number of aromatic nitrogens is 4. The monoisotopic (exact) mass is 365 g/mol. The summed E-state index contributed by atoms with van der Waals surface area (Å²) in [6.07, 6.45) is -3.15. The number of thiophene rings is 1. The third-order valence-corrected chi connectivity index (χ3v) is 4.98. The Bertz CT molecular complexity index is 916. The molecule has 0 bridgehead atoms. The van der Waals surface area contributed by atoms with Crippen molar-refractivity contribution in [1.29, 1.82) is 0 Å². The zero-order valence-electron chi connectivity index (χ0n) is 12.7. The van der Waals surface area contributed by atoms with E-state index in [1.165, 1.54) is 17.7 Å². The molecule has 10 nitrogen and oxygen atoms in total. The highest BCUT2D eigenvalue weighted by Crippen LogP contribution is 2.37. The lowest BCUT2D eigenvalue weighted by atomic mass is 10.1. The lowest BCUT2D eigenvalue weighted by Crippen LogP contribution is -2.45. The predicted molar refractivity (Wildman–Crippen MR) is 87.2 cm³/mol. The van der Waals surface area contributed by atoms with Crippen molar-refractivity contribution < 1.29 is 25.2 Å². The number of nitrogen functional groups attached to an aromatic ring is 1. The van der Waals surface area contributed by atoms with Gasteiger partial charge in [-0.25, -0.2) is 9.97 Å². The van der Waals surface area contributed by atoms with E-state index in [9.17, 15) is 20.4 Å². The number of rotatable bonds is 3. The summed E-state index contributed by atoms with van der Waals surface area (Å²) in [5, 5.41) is 42.0. The molecule has 11 heteroatoms. The zero-order valence-corrected chi connectivity index (χ0v) is 13.5. The van der Waals surface area contributed by atoms with Crippen LogP contribution in [0, 0.1) is 0 Å². The molecule has 3 aromatic rings. The highest BCUT2D eigenvalue weighted by molar-refractivity contribution is 7.13. The Morgan fingerprint density at radius 3 is 2.80 bits per heavy atom. The lowest BCUT2D eigenvalue weighted by molar-refractivity contribution is -0.287. The molecule has 1 fully saturated rings. The van der Waals surface area contributed by atoms with Crippen molar-refractivity contribution >= 4 is 28.4 Å². The first-order chi connectivity index (χ1) is 12.0. The molecule has 1 aliphatic rings.